The number of nitrogens with zero attached hydrogens (tertiary/aromatic N) is 1. The summed E-state index contributed by atoms with van der Waals surface area (Å²) in [4.78, 5) is 16.0. The highest BCUT2D eigenvalue weighted by Gasteiger charge is 2.23. The molecule has 0 saturated heterocycles. The van der Waals surface area contributed by atoms with Crippen molar-refractivity contribution in [2.24, 2.45) is 0 Å². The fourth-order valence-corrected chi connectivity index (χ4v) is 4.00. The van der Waals surface area contributed by atoms with Gasteiger partial charge in [0.25, 0.3) is 10.0 Å². The van der Waals surface area contributed by atoms with Crippen LogP contribution in [0.1, 0.15) is 18.5 Å². The molecule has 1 aromatic carbocycles. The molecular formula is C15H17N3O4S2. The molecule has 0 spiro atoms. The number of nitrogens with one attached hydrogen (secondary N) is 2. The Bertz CT molecular complexity index is 827. The smallest absolute Gasteiger partial charge is 0.263 e. The molecule has 1 aromatic heterocycles. The van der Waals surface area contributed by atoms with E-state index in [4.69, 9.17) is 4.74 Å². The Hall–Kier alpha value is -2.13. The molecule has 0 aliphatic heterocycles. The van der Waals surface area contributed by atoms with Crippen molar-refractivity contribution < 1.29 is 17.9 Å². The number of amides is 1. The zero-order chi connectivity index (χ0) is 17.2. The molecule has 3 rings (SSSR count). The number of sulfonamides is 1. The number of hydrogen-bond acceptors (Lipinski definition) is 6. The first-order valence-electron chi connectivity index (χ1n) is 7.37. The predicted octanol–water partition coefficient (Wildman–Crippen LogP) is 1.77. The molecule has 2 N–H and O–H groups in total. The molecule has 1 aliphatic carbocycles. The summed E-state index contributed by atoms with van der Waals surface area (Å²) >= 11 is 1.15. The summed E-state index contributed by atoms with van der Waals surface area (Å²) < 4.78 is 32.1. The number of ether oxygens (including phenoxy) is 1. The molecule has 0 atom stereocenters. The molecule has 1 amide bonds. The van der Waals surface area contributed by atoms with Gasteiger partial charge in [0, 0.05) is 11.4 Å². The zero-order valence-corrected chi connectivity index (χ0v) is 14.6. The summed E-state index contributed by atoms with van der Waals surface area (Å²) in [7, 11) is -2.21. The van der Waals surface area contributed by atoms with E-state index in [1.807, 2.05) is 0 Å². The summed E-state index contributed by atoms with van der Waals surface area (Å²) in [6.45, 7) is 0. The standard InChI is InChI=1S/C15H17N3O4S2/c1-22-12-4-6-13(7-5-12)24(20,21)18-15-17-11(9-23-15)8-14(19)16-10-2-3-10/h4-7,9-10H,2-3,8H2,1H3,(H,16,19)(H,17,18). The first kappa shape index (κ1) is 16.7. The molecule has 9 heteroatoms. The third kappa shape index (κ3) is 4.24. The maximum Gasteiger partial charge on any atom is 0.263 e. The van der Waals surface area contributed by atoms with Crippen molar-refractivity contribution >= 4 is 32.4 Å². The highest BCUT2D eigenvalue weighted by atomic mass is 32.2. The van der Waals surface area contributed by atoms with E-state index in [1.54, 1.807) is 17.5 Å². The number of anilines is 1. The summed E-state index contributed by atoms with van der Waals surface area (Å²) in [6, 6.07) is 6.36. The molecule has 0 bridgehead atoms. The average molecular weight is 367 g/mol. The molecule has 24 heavy (non-hydrogen) atoms. The van der Waals surface area contributed by atoms with Crippen LogP contribution >= 0.6 is 11.3 Å². The second-order valence-corrected chi connectivity index (χ2v) is 7.98. The van der Waals surface area contributed by atoms with Gasteiger partial charge in [-0.1, -0.05) is 0 Å². The highest BCUT2D eigenvalue weighted by Crippen LogP contribution is 2.22. The first-order valence-corrected chi connectivity index (χ1v) is 9.73. The number of methoxy groups -OCH3 is 1. The van der Waals surface area contributed by atoms with Crippen LogP contribution in [0.4, 0.5) is 5.13 Å². The molecule has 128 valence electrons. The topological polar surface area (TPSA) is 97.4 Å². The summed E-state index contributed by atoms with van der Waals surface area (Å²) in [5.41, 5.74) is 0.547. The largest absolute Gasteiger partial charge is 0.497 e. The van der Waals surface area contributed by atoms with E-state index in [1.165, 1.54) is 19.2 Å². The normalized spacial score (nSPS) is 14.2. The van der Waals surface area contributed by atoms with Crippen LogP contribution in [-0.4, -0.2) is 32.5 Å². The van der Waals surface area contributed by atoms with Crippen LogP contribution in [-0.2, 0) is 21.2 Å². The van der Waals surface area contributed by atoms with E-state index in [0.717, 1.165) is 24.2 Å². The van der Waals surface area contributed by atoms with E-state index in [2.05, 4.69) is 15.0 Å². The first-order chi connectivity index (χ1) is 11.5. The van der Waals surface area contributed by atoms with Gasteiger partial charge in [0.15, 0.2) is 5.13 Å². The van der Waals surface area contributed by atoms with Gasteiger partial charge >= 0.3 is 0 Å². The Morgan fingerprint density at radius 2 is 2.04 bits per heavy atom. The lowest BCUT2D eigenvalue weighted by atomic mass is 10.3. The third-order valence-corrected chi connectivity index (χ3v) is 5.72. The highest BCUT2D eigenvalue weighted by molar-refractivity contribution is 7.93. The van der Waals surface area contributed by atoms with Crippen LogP contribution < -0.4 is 14.8 Å². The van der Waals surface area contributed by atoms with E-state index >= 15 is 0 Å². The van der Waals surface area contributed by atoms with Crippen LogP contribution in [0.15, 0.2) is 34.5 Å². The summed E-state index contributed by atoms with van der Waals surface area (Å²) in [6.07, 6.45) is 2.20. The minimum Gasteiger partial charge on any atom is -0.497 e. The van der Waals surface area contributed by atoms with Crippen molar-refractivity contribution in [2.75, 3.05) is 11.8 Å². The Balaban J connectivity index is 1.64. The molecule has 2 aromatic rings. The quantitative estimate of drug-likeness (QED) is 0.777. The van der Waals surface area contributed by atoms with Gasteiger partial charge in [0.2, 0.25) is 5.91 Å². The van der Waals surface area contributed by atoms with Gasteiger partial charge < -0.3 is 10.1 Å². The van der Waals surface area contributed by atoms with Gasteiger partial charge in [-0.05, 0) is 37.1 Å². The van der Waals surface area contributed by atoms with Gasteiger partial charge in [-0.25, -0.2) is 13.4 Å². The van der Waals surface area contributed by atoms with E-state index in [0.29, 0.717) is 17.5 Å². The van der Waals surface area contributed by atoms with Gasteiger partial charge in [-0.2, -0.15) is 0 Å². The van der Waals surface area contributed by atoms with E-state index in [-0.39, 0.29) is 22.4 Å². The fourth-order valence-electron chi connectivity index (χ4n) is 2.03. The number of benzene rings is 1. The molecule has 0 radical (unpaired) electrons. The molecule has 0 unspecified atom stereocenters. The monoisotopic (exact) mass is 367 g/mol. The second kappa shape index (κ2) is 6.78. The lowest BCUT2D eigenvalue weighted by Gasteiger charge is -2.06. The predicted molar refractivity (Wildman–Crippen MR) is 90.8 cm³/mol. The molecule has 7 nitrogen and oxygen atoms in total. The lowest BCUT2D eigenvalue weighted by molar-refractivity contribution is -0.120. The lowest BCUT2D eigenvalue weighted by Crippen LogP contribution is -2.27. The maximum atomic E-state index is 12.3. The van der Waals surface area contributed by atoms with Crippen LogP contribution in [0.5, 0.6) is 5.75 Å². The minimum absolute atomic E-state index is 0.0904. The molecular weight excluding hydrogens is 350 g/mol. The van der Waals surface area contributed by atoms with E-state index < -0.39 is 10.0 Å². The number of carbonyl (C=O) groups is 1. The van der Waals surface area contributed by atoms with Crippen molar-refractivity contribution in [1.82, 2.24) is 10.3 Å². The number of thiazole rings is 1. The Morgan fingerprint density at radius 3 is 2.67 bits per heavy atom. The Labute approximate surface area is 144 Å². The summed E-state index contributed by atoms with van der Waals surface area (Å²) in [5.74, 6) is 0.486. The summed E-state index contributed by atoms with van der Waals surface area (Å²) in [5, 5.41) is 4.79. The van der Waals surface area contributed by atoms with Crippen molar-refractivity contribution in [2.45, 2.75) is 30.2 Å². The number of aromatic nitrogens is 1. The van der Waals surface area contributed by atoms with Crippen molar-refractivity contribution in [3.63, 3.8) is 0 Å². The van der Waals surface area contributed by atoms with Crippen LogP contribution in [0.25, 0.3) is 0 Å². The number of rotatable bonds is 7. The molecule has 1 saturated carbocycles. The maximum absolute atomic E-state index is 12.3. The number of carbonyl (C=O) groups excluding carboxylic acids is 1. The minimum atomic E-state index is -3.72. The van der Waals surface area contributed by atoms with E-state index in [9.17, 15) is 13.2 Å². The molecule has 1 aliphatic rings. The van der Waals surface area contributed by atoms with Crippen molar-refractivity contribution in [3.8, 4) is 5.75 Å². The zero-order valence-electron chi connectivity index (χ0n) is 13.0. The Morgan fingerprint density at radius 1 is 1.33 bits per heavy atom. The van der Waals surface area contributed by atoms with Crippen LogP contribution in [0.3, 0.4) is 0 Å². The average Bonchev–Trinajstić information content (AvgIpc) is 3.26. The third-order valence-electron chi connectivity index (χ3n) is 3.43. The molecule has 1 heterocycles. The number of hydrogen-bond donors (Lipinski definition) is 2. The van der Waals surface area contributed by atoms with Crippen LogP contribution in [0, 0.1) is 0 Å². The Kier molecular flexibility index (Phi) is 4.72. The van der Waals surface area contributed by atoms with Gasteiger partial charge in [0.05, 0.1) is 24.1 Å². The SMILES string of the molecule is COc1ccc(S(=O)(=O)Nc2nc(CC(=O)NC3CC3)cs2)cc1. The van der Waals surface area contributed by atoms with Crippen molar-refractivity contribution in [3.05, 3.63) is 35.3 Å². The van der Waals surface area contributed by atoms with Crippen molar-refractivity contribution in [1.29, 1.82) is 0 Å². The second-order valence-electron chi connectivity index (χ2n) is 5.44. The van der Waals surface area contributed by atoms with Gasteiger partial charge in [-0.3, -0.25) is 9.52 Å². The molecule has 1 fully saturated rings. The van der Waals surface area contributed by atoms with Gasteiger partial charge in [-0.15, -0.1) is 11.3 Å². The fraction of sp³-hybridized carbons (Fsp3) is 0.333. The van der Waals surface area contributed by atoms with Crippen LogP contribution in [0.2, 0.25) is 0 Å². The van der Waals surface area contributed by atoms with Gasteiger partial charge in [0.1, 0.15) is 5.75 Å².